The van der Waals surface area contributed by atoms with Crippen molar-refractivity contribution in [3.63, 3.8) is 0 Å². The molecule has 4 rings (SSSR count). The molecule has 36 heavy (non-hydrogen) atoms. The predicted molar refractivity (Wildman–Crippen MR) is 125 cm³/mol. The van der Waals surface area contributed by atoms with Gasteiger partial charge in [0.1, 0.15) is 17.6 Å². The quantitative estimate of drug-likeness (QED) is 0.249. The minimum absolute atomic E-state index is 0.0992. The van der Waals surface area contributed by atoms with Crippen LogP contribution in [-0.4, -0.2) is 57.2 Å². The Hall–Kier alpha value is -2.85. The SMILES string of the molecule is Cc1c(C(=O)C(=O)NC2(C(C)(C)P)COC2)c2n(c1C(=O)Nc1ccnc(C(F)F)c1F)CC(F)C2. The highest BCUT2D eigenvalue weighted by Gasteiger charge is 2.51. The normalized spacial score (nSPS) is 18.5. The molecule has 0 aliphatic carbocycles. The third-order valence-electron chi connectivity index (χ3n) is 6.71. The van der Waals surface area contributed by atoms with Gasteiger partial charge in [-0.05, 0) is 18.6 Å². The van der Waals surface area contributed by atoms with Crippen LogP contribution < -0.4 is 10.6 Å². The van der Waals surface area contributed by atoms with Gasteiger partial charge < -0.3 is 19.9 Å². The van der Waals surface area contributed by atoms with Crippen LogP contribution in [0.5, 0.6) is 0 Å². The molecule has 2 N–H and O–H groups in total. The van der Waals surface area contributed by atoms with E-state index in [0.29, 0.717) is 0 Å². The number of ketones is 1. The molecule has 13 heteroatoms. The smallest absolute Gasteiger partial charge is 0.293 e. The number of amides is 2. The molecule has 0 saturated carbocycles. The van der Waals surface area contributed by atoms with Crippen molar-refractivity contribution in [2.24, 2.45) is 0 Å². The number of Topliss-reactive ketones (excluding diaryl/α,β-unsaturated/α-hetero) is 1. The Morgan fingerprint density at radius 1 is 1.31 bits per heavy atom. The van der Waals surface area contributed by atoms with Crippen LogP contribution in [0, 0.1) is 12.7 Å². The van der Waals surface area contributed by atoms with Crippen molar-refractivity contribution in [3.8, 4) is 0 Å². The van der Waals surface area contributed by atoms with Gasteiger partial charge in [-0.15, -0.1) is 9.24 Å². The lowest BCUT2D eigenvalue weighted by molar-refractivity contribution is -0.131. The van der Waals surface area contributed by atoms with Crippen LogP contribution in [0.15, 0.2) is 12.3 Å². The topological polar surface area (TPSA) is 102 Å². The maximum atomic E-state index is 14.4. The molecular weight excluding hydrogens is 503 g/mol. The number of nitrogens with zero attached hydrogens (tertiary/aromatic N) is 2. The first-order chi connectivity index (χ1) is 16.8. The second-order valence-electron chi connectivity index (χ2n) is 9.60. The molecule has 2 aromatic heterocycles. The first-order valence-corrected chi connectivity index (χ1v) is 11.7. The molecule has 2 atom stereocenters. The Morgan fingerprint density at radius 2 is 1.97 bits per heavy atom. The van der Waals surface area contributed by atoms with E-state index in [0.717, 1.165) is 12.3 Å². The number of hydrogen-bond donors (Lipinski definition) is 2. The number of anilines is 1. The summed E-state index contributed by atoms with van der Waals surface area (Å²) in [5, 5.41) is 4.44. The van der Waals surface area contributed by atoms with Gasteiger partial charge in [-0.3, -0.25) is 19.4 Å². The molecule has 2 aliphatic rings. The fourth-order valence-corrected chi connectivity index (χ4v) is 4.72. The molecule has 1 saturated heterocycles. The maximum Gasteiger partial charge on any atom is 0.293 e. The molecule has 1 fully saturated rings. The van der Waals surface area contributed by atoms with E-state index in [1.165, 1.54) is 11.5 Å². The summed E-state index contributed by atoms with van der Waals surface area (Å²) in [6, 6.07) is 1.00. The van der Waals surface area contributed by atoms with Crippen molar-refractivity contribution in [1.29, 1.82) is 0 Å². The highest BCUT2D eigenvalue weighted by molar-refractivity contribution is 7.19. The number of pyridine rings is 1. The summed E-state index contributed by atoms with van der Waals surface area (Å²) in [5.41, 5.74) is -2.49. The van der Waals surface area contributed by atoms with Crippen molar-refractivity contribution >= 4 is 32.5 Å². The predicted octanol–water partition coefficient (Wildman–Crippen LogP) is 3.14. The standard InChI is InChI=1S/C23H25F4N4O4P/c1-10-14(18(32)21(34)30-23(8-35-9-23)22(2,3)36)13-6-11(24)7-31(13)17(10)20(33)29-12-4-5-28-16(15(12)25)19(26)27/h4-5,11,19H,6-9,36H2,1-3H3,(H,30,34)(H,28,29,33). The number of nitrogens with one attached hydrogen (secondary N) is 2. The van der Waals surface area contributed by atoms with E-state index in [4.69, 9.17) is 4.74 Å². The van der Waals surface area contributed by atoms with E-state index in [1.54, 1.807) is 0 Å². The summed E-state index contributed by atoms with van der Waals surface area (Å²) in [7, 11) is 2.61. The third kappa shape index (κ3) is 4.30. The van der Waals surface area contributed by atoms with Crippen LogP contribution >= 0.6 is 9.24 Å². The number of ether oxygens (including phenoxy) is 1. The highest BCUT2D eigenvalue weighted by atomic mass is 31.0. The first kappa shape index (κ1) is 26.2. The number of hydrogen-bond acceptors (Lipinski definition) is 5. The van der Waals surface area contributed by atoms with Gasteiger partial charge in [0, 0.05) is 23.5 Å². The summed E-state index contributed by atoms with van der Waals surface area (Å²) >= 11 is 0. The largest absolute Gasteiger partial charge is 0.376 e. The number of carbonyl (C=O) groups excluding carboxylic acids is 3. The molecule has 2 amide bonds. The molecule has 0 bridgehead atoms. The van der Waals surface area contributed by atoms with Gasteiger partial charge in [0.25, 0.3) is 24.0 Å². The Kier molecular flexibility index (Phi) is 6.72. The number of alkyl halides is 3. The maximum absolute atomic E-state index is 14.4. The van der Waals surface area contributed by atoms with Crippen molar-refractivity contribution in [2.45, 2.75) is 57.0 Å². The monoisotopic (exact) mass is 528 g/mol. The molecule has 0 aromatic carbocycles. The van der Waals surface area contributed by atoms with Crippen molar-refractivity contribution in [3.05, 3.63) is 46.3 Å². The molecule has 0 spiro atoms. The Balaban J connectivity index is 1.67. The minimum Gasteiger partial charge on any atom is -0.376 e. The Labute approximate surface area is 206 Å². The number of carbonyl (C=O) groups is 3. The zero-order chi connectivity index (χ0) is 26.6. The van der Waals surface area contributed by atoms with E-state index in [1.807, 2.05) is 13.8 Å². The second-order valence-corrected chi connectivity index (χ2v) is 11.0. The lowest BCUT2D eigenvalue weighted by Gasteiger charge is -2.50. The number of rotatable bonds is 7. The minimum atomic E-state index is -3.20. The molecule has 0 radical (unpaired) electrons. The molecule has 8 nitrogen and oxygen atoms in total. The third-order valence-corrected chi connectivity index (χ3v) is 7.27. The molecule has 194 valence electrons. The van der Waals surface area contributed by atoms with E-state index in [9.17, 15) is 31.9 Å². The van der Waals surface area contributed by atoms with Gasteiger partial charge in [-0.2, -0.15) is 0 Å². The van der Waals surface area contributed by atoms with Gasteiger partial charge in [0.2, 0.25) is 0 Å². The summed E-state index contributed by atoms with van der Waals surface area (Å²) in [6.45, 7) is 5.29. The van der Waals surface area contributed by atoms with Crippen LogP contribution in [-0.2, 0) is 22.5 Å². The fraction of sp³-hybridized carbons (Fsp3) is 0.478. The van der Waals surface area contributed by atoms with Crippen LogP contribution in [0.4, 0.5) is 23.2 Å². The van der Waals surface area contributed by atoms with Crippen LogP contribution in [0.2, 0.25) is 0 Å². The molecule has 2 aliphatic heterocycles. The van der Waals surface area contributed by atoms with Crippen LogP contribution in [0.25, 0.3) is 0 Å². The number of aromatic nitrogens is 2. The van der Waals surface area contributed by atoms with Gasteiger partial charge >= 0.3 is 0 Å². The summed E-state index contributed by atoms with van der Waals surface area (Å²) < 4.78 is 61.3. The Bertz CT molecular complexity index is 1250. The number of fused-ring (bicyclic) bond motifs is 1. The summed E-state index contributed by atoms with van der Waals surface area (Å²) in [5.74, 6) is -4.22. The average molecular weight is 528 g/mol. The van der Waals surface area contributed by atoms with E-state index < -0.39 is 58.1 Å². The zero-order valence-electron chi connectivity index (χ0n) is 19.8. The molecule has 2 aromatic rings. The van der Waals surface area contributed by atoms with Crippen molar-refractivity contribution < 1.29 is 36.7 Å². The van der Waals surface area contributed by atoms with E-state index in [-0.39, 0.29) is 48.7 Å². The molecule has 4 heterocycles. The van der Waals surface area contributed by atoms with Gasteiger partial charge in [-0.25, -0.2) is 17.6 Å². The van der Waals surface area contributed by atoms with E-state index >= 15 is 0 Å². The molecule has 2 unspecified atom stereocenters. The van der Waals surface area contributed by atoms with Crippen LogP contribution in [0.1, 0.15) is 58.1 Å². The summed E-state index contributed by atoms with van der Waals surface area (Å²) in [4.78, 5) is 42.6. The zero-order valence-corrected chi connectivity index (χ0v) is 20.9. The van der Waals surface area contributed by atoms with Gasteiger partial charge in [0.15, 0.2) is 5.82 Å². The van der Waals surface area contributed by atoms with Gasteiger partial charge in [0.05, 0.1) is 36.5 Å². The van der Waals surface area contributed by atoms with Crippen molar-refractivity contribution in [1.82, 2.24) is 14.9 Å². The Morgan fingerprint density at radius 3 is 2.53 bits per heavy atom. The fourth-order valence-electron chi connectivity index (χ4n) is 4.48. The number of halogens is 4. The van der Waals surface area contributed by atoms with E-state index in [2.05, 4.69) is 24.9 Å². The first-order valence-electron chi connectivity index (χ1n) is 11.1. The van der Waals surface area contributed by atoms with Crippen molar-refractivity contribution in [2.75, 3.05) is 18.5 Å². The highest BCUT2D eigenvalue weighted by Crippen LogP contribution is 2.37. The summed E-state index contributed by atoms with van der Waals surface area (Å²) in [6.07, 6.45) is -3.90. The lowest BCUT2D eigenvalue weighted by Crippen LogP contribution is -2.71. The van der Waals surface area contributed by atoms with Gasteiger partial charge in [-0.1, -0.05) is 13.8 Å². The molecular formula is C23H25F4N4O4P. The van der Waals surface area contributed by atoms with Crippen LogP contribution in [0.3, 0.4) is 0 Å². The second kappa shape index (κ2) is 9.23. The lowest BCUT2D eigenvalue weighted by atomic mass is 9.83. The average Bonchev–Trinajstić information content (AvgIpc) is 3.23.